The Hall–Kier alpha value is -3.72. The third-order valence-corrected chi connectivity index (χ3v) is 4.26. The van der Waals surface area contributed by atoms with Crippen molar-refractivity contribution < 1.29 is 19.1 Å². The van der Waals surface area contributed by atoms with E-state index in [1.807, 2.05) is 60.7 Å². The van der Waals surface area contributed by atoms with Gasteiger partial charge in [-0.25, -0.2) is 9.59 Å². The van der Waals surface area contributed by atoms with E-state index in [0.717, 1.165) is 22.2 Å². The lowest BCUT2D eigenvalue weighted by molar-refractivity contribution is -0.147. The molecule has 0 saturated heterocycles. The first-order chi connectivity index (χ1) is 14.8. The summed E-state index contributed by atoms with van der Waals surface area (Å²) in [6.07, 6.45) is -0.607. The molecule has 3 aromatic rings. The molecule has 1 atom stereocenters. The molecule has 0 aliphatic rings. The highest BCUT2D eigenvalue weighted by atomic mass is 16.6. The number of ether oxygens (including phenoxy) is 2. The average molecular weight is 418 g/mol. The van der Waals surface area contributed by atoms with Crippen LogP contribution in [0.2, 0.25) is 0 Å². The van der Waals surface area contributed by atoms with Crippen LogP contribution in [0.4, 0.5) is 4.79 Å². The summed E-state index contributed by atoms with van der Waals surface area (Å²) >= 11 is 0. The molecular weight excluding hydrogens is 392 g/mol. The maximum Gasteiger partial charge on any atom is 0.408 e. The van der Waals surface area contributed by atoms with Gasteiger partial charge in [0.05, 0.1) is 5.69 Å². The maximum atomic E-state index is 12.6. The Kier molecular flexibility index (Phi) is 6.99. The fourth-order valence-electron chi connectivity index (χ4n) is 2.86. The summed E-state index contributed by atoms with van der Waals surface area (Å²) in [6, 6.07) is 18.2. The average Bonchev–Trinajstić information content (AvgIpc) is 3.13. The van der Waals surface area contributed by atoms with Crippen LogP contribution in [0.25, 0.3) is 10.9 Å². The number of carbonyl (C=O) groups is 2. The normalized spacial score (nSPS) is 11.8. The van der Waals surface area contributed by atoms with Gasteiger partial charge < -0.3 is 19.8 Å². The lowest BCUT2D eigenvalue weighted by Gasteiger charge is -2.22. The van der Waals surface area contributed by atoms with Gasteiger partial charge in [0.25, 0.3) is 0 Å². The van der Waals surface area contributed by atoms with Gasteiger partial charge in [0.1, 0.15) is 18.2 Å². The number of fused-ring (bicyclic) bond motifs is 1. The van der Waals surface area contributed by atoms with Crippen LogP contribution >= 0.6 is 0 Å². The van der Waals surface area contributed by atoms with E-state index in [1.165, 1.54) is 0 Å². The van der Waals surface area contributed by atoms with Gasteiger partial charge >= 0.3 is 12.1 Å². The number of esters is 1. The van der Waals surface area contributed by atoms with Crippen LogP contribution in [-0.2, 0) is 20.9 Å². The Morgan fingerprint density at radius 3 is 2.48 bits per heavy atom. The molecule has 2 N–H and O–H groups in total. The number of H-pyrrole nitrogens is 1. The minimum absolute atomic E-state index is 0.0855. The van der Waals surface area contributed by atoms with E-state index >= 15 is 0 Å². The standard InChI is InChI=1S/C25H26N2O4/c1-25(2,3)31-24(29)27-22(23(28)30-17-18-10-5-4-6-11-18)15-9-13-20-16-19-12-7-8-14-21(19)26-20/h4-8,10-12,14,16,22,26H,15,17H2,1-3H3,(H,27,29). The molecule has 1 amide bonds. The van der Waals surface area contributed by atoms with E-state index < -0.39 is 23.7 Å². The minimum atomic E-state index is -0.949. The topological polar surface area (TPSA) is 80.4 Å². The predicted octanol–water partition coefficient (Wildman–Crippen LogP) is 4.55. The quantitative estimate of drug-likeness (QED) is 0.471. The molecule has 0 radical (unpaired) electrons. The van der Waals surface area contributed by atoms with Gasteiger partial charge in [-0.2, -0.15) is 0 Å². The van der Waals surface area contributed by atoms with Crippen molar-refractivity contribution in [3.63, 3.8) is 0 Å². The highest BCUT2D eigenvalue weighted by Crippen LogP contribution is 2.14. The number of benzene rings is 2. The van der Waals surface area contributed by atoms with Crippen LogP contribution in [0.1, 0.15) is 38.4 Å². The highest BCUT2D eigenvalue weighted by Gasteiger charge is 2.25. The van der Waals surface area contributed by atoms with E-state index in [0.29, 0.717) is 0 Å². The third-order valence-electron chi connectivity index (χ3n) is 4.26. The van der Waals surface area contributed by atoms with Crippen molar-refractivity contribution in [2.24, 2.45) is 0 Å². The molecule has 6 nitrogen and oxygen atoms in total. The van der Waals surface area contributed by atoms with Crippen LogP contribution in [0.3, 0.4) is 0 Å². The van der Waals surface area contributed by atoms with Crippen molar-refractivity contribution in [1.29, 1.82) is 0 Å². The first-order valence-electron chi connectivity index (χ1n) is 10.1. The molecule has 31 heavy (non-hydrogen) atoms. The number of para-hydroxylation sites is 1. The molecule has 3 rings (SSSR count). The molecule has 1 aromatic heterocycles. The van der Waals surface area contributed by atoms with E-state index in [2.05, 4.69) is 22.1 Å². The number of aromatic amines is 1. The number of nitrogens with one attached hydrogen (secondary N) is 2. The van der Waals surface area contributed by atoms with Crippen LogP contribution in [0, 0.1) is 11.8 Å². The molecule has 1 unspecified atom stereocenters. The summed E-state index contributed by atoms with van der Waals surface area (Å²) in [5.74, 6) is 5.40. The van der Waals surface area contributed by atoms with Gasteiger partial charge in [-0.05, 0) is 44.4 Å². The lowest BCUT2D eigenvalue weighted by atomic mass is 10.2. The smallest absolute Gasteiger partial charge is 0.408 e. The Bertz CT molecular complexity index is 1070. The van der Waals surface area contributed by atoms with E-state index in [4.69, 9.17) is 9.47 Å². The largest absolute Gasteiger partial charge is 0.459 e. The summed E-state index contributed by atoms with van der Waals surface area (Å²) in [4.78, 5) is 28.1. The van der Waals surface area contributed by atoms with Crippen molar-refractivity contribution in [2.75, 3.05) is 0 Å². The van der Waals surface area contributed by atoms with Gasteiger partial charge in [-0.1, -0.05) is 54.5 Å². The van der Waals surface area contributed by atoms with Crippen LogP contribution < -0.4 is 5.32 Å². The highest BCUT2D eigenvalue weighted by molar-refractivity contribution is 5.82. The zero-order chi connectivity index (χ0) is 22.3. The van der Waals surface area contributed by atoms with Crippen LogP contribution in [-0.4, -0.2) is 28.7 Å². The zero-order valence-electron chi connectivity index (χ0n) is 17.9. The van der Waals surface area contributed by atoms with E-state index in [-0.39, 0.29) is 13.0 Å². The summed E-state index contributed by atoms with van der Waals surface area (Å²) in [5.41, 5.74) is 1.89. The van der Waals surface area contributed by atoms with Crippen molar-refractivity contribution in [3.8, 4) is 11.8 Å². The van der Waals surface area contributed by atoms with Crippen molar-refractivity contribution >= 4 is 23.0 Å². The molecular formula is C25H26N2O4. The van der Waals surface area contributed by atoms with Gasteiger partial charge in [-0.15, -0.1) is 0 Å². The van der Waals surface area contributed by atoms with Crippen molar-refractivity contribution in [1.82, 2.24) is 10.3 Å². The Labute approximate surface area is 181 Å². The second-order valence-corrected chi connectivity index (χ2v) is 8.07. The number of hydrogen-bond acceptors (Lipinski definition) is 4. The minimum Gasteiger partial charge on any atom is -0.459 e. The second kappa shape index (κ2) is 9.86. The maximum absolute atomic E-state index is 12.6. The number of aromatic nitrogens is 1. The van der Waals surface area contributed by atoms with Crippen molar-refractivity contribution in [3.05, 3.63) is 71.9 Å². The van der Waals surface area contributed by atoms with Gasteiger partial charge in [0, 0.05) is 17.3 Å². The number of amides is 1. The summed E-state index contributed by atoms with van der Waals surface area (Å²) in [5, 5.41) is 3.63. The molecule has 6 heteroatoms. The van der Waals surface area contributed by atoms with Crippen LogP contribution in [0.5, 0.6) is 0 Å². The SMILES string of the molecule is CC(C)(C)OC(=O)NC(CC#Cc1cc2ccccc2[nH]1)C(=O)OCc1ccccc1. The molecule has 0 aliphatic heterocycles. The van der Waals surface area contributed by atoms with E-state index in [9.17, 15) is 9.59 Å². The van der Waals surface area contributed by atoms with Gasteiger partial charge in [0.2, 0.25) is 0 Å². The summed E-state index contributed by atoms with van der Waals surface area (Å²) < 4.78 is 10.7. The molecule has 0 bridgehead atoms. The molecule has 0 spiro atoms. The summed E-state index contributed by atoms with van der Waals surface area (Å²) in [6.45, 7) is 5.38. The Morgan fingerprint density at radius 2 is 1.77 bits per heavy atom. The molecule has 2 aromatic carbocycles. The monoisotopic (exact) mass is 418 g/mol. The number of alkyl carbamates (subject to hydrolysis) is 1. The lowest BCUT2D eigenvalue weighted by Crippen LogP contribution is -2.44. The molecule has 0 aliphatic carbocycles. The second-order valence-electron chi connectivity index (χ2n) is 8.07. The molecule has 0 fully saturated rings. The van der Waals surface area contributed by atoms with Gasteiger partial charge in [0.15, 0.2) is 0 Å². The summed E-state index contributed by atoms with van der Waals surface area (Å²) in [7, 11) is 0. The molecule has 160 valence electrons. The molecule has 0 saturated carbocycles. The number of carbonyl (C=O) groups excluding carboxylic acids is 2. The predicted molar refractivity (Wildman–Crippen MR) is 119 cm³/mol. The van der Waals surface area contributed by atoms with E-state index in [1.54, 1.807) is 20.8 Å². The first-order valence-corrected chi connectivity index (χ1v) is 10.1. The fourth-order valence-corrected chi connectivity index (χ4v) is 2.86. The first kappa shape index (κ1) is 22.0. The van der Waals surface area contributed by atoms with Crippen molar-refractivity contribution in [2.45, 2.75) is 45.4 Å². The Balaban J connectivity index is 1.68. The number of rotatable bonds is 5. The third kappa shape index (κ3) is 6.93. The fraction of sp³-hybridized carbons (Fsp3) is 0.280. The Morgan fingerprint density at radius 1 is 1.06 bits per heavy atom. The molecule has 1 heterocycles. The zero-order valence-corrected chi connectivity index (χ0v) is 17.9. The van der Waals surface area contributed by atoms with Crippen LogP contribution in [0.15, 0.2) is 60.7 Å². The number of hydrogen-bond donors (Lipinski definition) is 2. The van der Waals surface area contributed by atoms with Gasteiger partial charge in [-0.3, -0.25) is 0 Å².